The molecule has 5 aromatic rings. The SMILES string of the molecule is O=S1(=O)c2ccccc2N2c3cc4ccccc4cc3-c3nccc4ccc1c2c34. The third-order valence-corrected chi connectivity index (χ3v) is 7.97. The van der Waals surface area contributed by atoms with Crippen LogP contribution in [0.1, 0.15) is 0 Å². The maximum Gasteiger partial charge on any atom is 0.210 e. The predicted molar refractivity (Wildman–Crippen MR) is 118 cm³/mol. The maximum atomic E-state index is 13.5. The average Bonchev–Trinajstić information content (AvgIpc) is 2.78. The van der Waals surface area contributed by atoms with Crippen LogP contribution in [-0.4, -0.2) is 13.4 Å². The minimum absolute atomic E-state index is 0.335. The number of hydrogen-bond acceptors (Lipinski definition) is 4. The lowest BCUT2D eigenvalue weighted by Gasteiger charge is -2.38. The second-order valence-corrected chi connectivity index (χ2v) is 9.58. The van der Waals surface area contributed by atoms with Crippen molar-refractivity contribution in [3.05, 3.63) is 85.1 Å². The smallest absolute Gasteiger partial charge is 0.210 e. The molecule has 0 amide bonds. The predicted octanol–water partition coefficient (Wildman–Crippen LogP) is 5.98. The fraction of sp³-hybridized carbons (Fsp3) is 0. The van der Waals surface area contributed by atoms with Gasteiger partial charge in [-0.2, -0.15) is 0 Å². The topological polar surface area (TPSA) is 50.3 Å². The van der Waals surface area contributed by atoms with Crippen LogP contribution >= 0.6 is 0 Å². The van der Waals surface area contributed by atoms with Crippen LogP contribution in [-0.2, 0) is 9.84 Å². The largest absolute Gasteiger partial charge is 0.306 e. The molecule has 0 spiro atoms. The van der Waals surface area contributed by atoms with Crippen LogP contribution in [0.3, 0.4) is 0 Å². The molecule has 5 heteroatoms. The number of anilines is 3. The Balaban J connectivity index is 1.76. The van der Waals surface area contributed by atoms with E-state index in [1.54, 1.807) is 24.4 Å². The Kier molecular flexibility index (Phi) is 2.83. The molecule has 0 saturated heterocycles. The number of nitrogens with zero attached hydrogens (tertiary/aromatic N) is 2. The Morgan fingerprint density at radius 1 is 0.700 bits per heavy atom. The monoisotopic (exact) mass is 406 g/mol. The minimum atomic E-state index is -3.62. The highest BCUT2D eigenvalue weighted by molar-refractivity contribution is 7.92. The third kappa shape index (κ3) is 1.81. The summed E-state index contributed by atoms with van der Waals surface area (Å²) in [7, 11) is -3.62. The first-order valence-electron chi connectivity index (χ1n) is 9.74. The summed E-state index contributed by atoms with van der Waals surface area (Å²) in [5.41, 5.74) is 4.19. The van der Waals surface area contributed by atoms with E-state index in [9.17, 15) is 8.42 Å². The molecule has 0 unspecified atom stereocenters. The lowest BCUT2D eigenvalue weighted by Crippen LogP contribution is -2.25. The quantitative estimate of drug-likeness (QED) is 0.311. The van der Waals surface area contributed by atoms with Gasteiger partial charge in [0.1, 0.15) is 0 Å². The van der Waals surface area contributed by atoms with Gasteiger partial charge < -0.3 is 4.90 Å². The number of sulfone groups is 1. The number of para-hydroxylation sites is 1. The molecule has 2 aliphatic heterocycles. The lowest BCUT2D eigenvalue weighted by atomic mass is 9.92. The summed E-state index contributed by atoms with van der Waals surface area (Å²) in [6, 6.07) is 25.3. The lowest BCUT2D eigenvalue weighted by molar-refractivity contribution is 0.595. The molecule has 3 heterocycles. The van der Waals surface area contributed by atoms with Crippen molar-refractivity contribution in [2.75, 3.05) is 4.90 Å². The first-order valence-corrected chi connectivity index (χ1v) is 11.2. The molecule has 0 radical (unpaired) electrons. The van der Waals surface area contributed by atoms with Gasteiger partial charge in [0.05, 0.1) is 32.5 Å². The number of fused-ring (bicyclic) bond motifs is 6. The Morgan fingerprint density at radius 2 is 1.47 bits per heavy atom. The molecule has 30 heavy (non-hydrogen) atoms. The van der Waals surface area contributed by atoms with Gasteiger partial charge in [0.2, 0.25) is 9.84 Å². The van der Waals surface area contributed by atoms with Crippen LogP contribution in [0, 0.1) is 0 Å². The van der Waals surface area contributed by atoms with Crippen molar-refractivity contribution in [3.8, 4) is 11.3 Å². The van der Waals surface area contributed by atoms with E-state index in [-0.39, 0.29) is 0 Å². The van der Waals surface area contributed by atoms with Gasteiger partial charge >= 0.3 is 0 Å². The molecule has 4 nitrogen and oxygen atoms in total. The summed E-state index contributed by atoms with van der Waals surface area (Å²) < 4.78 is 27.0. The second kappa shape index (κ2) is 5.26. The Morgan fingerprint density at radius 3 is 2.33 bits per heavy atom. The summed E-state index contributed by atoms with van der Waals surface area (Å²) in [5, 5.41) is 4.11. The van der Waals surface area contributed by atoms with Crippen molar-refractivity contribution in [1.29, 1.82) is 0 Å². The Labute approximate surface area is 173 Å². The molecule has 7 rings (SSSR count). The summed E-state index contributed by atoms with van der Waals surface area (Å²) in [6.07, 6.45) is 1.80. The second-order valence-electron chi connectivity index (χ2n) is 7.69. The first kappa shape index (κ1) is 16.1. The van der Waals surface area contributed by atoms with Crippen molar-refractivity contribution in [3.63, 3.8) is 0 Å². The van der Waals surface area contributed by atoms with E-state index in [4.69, 9.17) is 4.98 Å². The van der Waals surface area contributed by atoms with Gasteiger partial charge in [0, 0.05) is 17.1 Å². The van der Waals surface area contributed by atoms with Crippen molar-refractivity contribution in [2.24, 2.45) is 0 Å². The molecule has 0 N–H and O–H groups in total. The fourth-order valence-corrected chi connectivity index (χ4v) is 6.46. The molecule has 4 aromatic carbocycles. The van der Waals surface area contributed by atoms with E-state index in [2.05, 4.69) is 29.2 Å². The van der Waals surface area contributed by atoms with Crippen molar-refractivity contribution in [1.82, 2.24) is 4.98 Å². The number of pyridine rings is 1. The van der Waals surface area contributed by atoms with Gasteiger partial charge in [-0.15, -0.1) is 0 Å². The first-order chi connectivity index (χ1) is 14.6. The van der Waals surface area contributed by atoms with E-state index in [1.807, 2.05) is 36.4 Å². The molecular formula is C25H14N2O2S. The van der Waals surface area contributed by atoms with Crippen LogP contribution in [0.5, 0.6) is 0 Å². The van der Waals surface area contributed by atoms with Gasteiger partial charge in [-0.1, -0.05) is 42.5 Å². The van der Waals surface area contributed by atoms with Gasteiger partial charge in [-0.05, 0) is 52.6 Å². The van der Waals surface area contributed by atoms with E-state index >= 15 is 0 Å². The van der Waals surface area contributed by atoms with Gasteiger partial charge in [-0.3, -0.25) is 4.98 Å². The molecule has 0 fully saturated rings. The van der Waals surface area contributed by atoms with Crippen LogP contribution in [0.4, 0.5) is 17.1 Å². The highest BCUT2D eigenvalue weighted by Crippen LogP contribution is 2.57. The van der Waals surface area contributed by atoms with E-state index in [1.165, 1.54) is 0 Å². The zero-order chi connectivity index (χ0) is 20.0. The van der Waals surface area contributed by atoms with Crippen molar-refractivity contribution >= 4 is 48.4 Å². The Hall–Kier alpha value is -3.70. The normalized spacial score (nSPS) is 15.1. The van der Waals surface area contributed by atoms with Crippen molar-refractivity contribution in [2.45, 2.75) is 9.79 Å². The molecule has 0 atom stereocenters. The zero-order valence-electron chi connectivity index (χ0n) is 15.7. The van der Waals surface area contributed by atoms with Crippen LogP contribution < -0.4 is 4.90 Å². The molecular weight excluding hydrogens is 392 g/mol. The van der Waals surface area contributed by atoms with Gasteiger partial charge in [0.25, 0.3) is 0 Å². The number of benzene rings is 4. The molecule has 0 bridgehead atoms. The maximum absolute atomic E-state index is 13.5. The number of hydrogen-bond donors (Lipinski definition) is 0. The van der Waals surface area contributed by atoms with Gasteiger partial charge in [0.15, 0.2) is 0 Å². The highest BCUT2D eigenvalue weighted by Gasteiger charge is 2.39. The number of aromatic nitrogens is 1. The van der Waals surface area contributed by atoms with E-state index < -0.39 is 9.84 Å². The Bertz CT molecular complexity index is 1670. The third-order valence-electron chi connectivity index (χ3n) is 6.14. The summed E-state index contributed by atoms with van der Waals surface area (Å²) in [6.45, 7) is 0. The summed E-state index contributed by atoms with van der Waals surface area (Å²) >= 11 is 0. The summed E-state index contributed by atoms with van der Waals surface area (Å²) in [5.74, 6) is 0. The highest BCUT2D eigenvalue weighted by atomic mass is 32.2. The van der Waals surface area contributed by atoms with E-state index in [0.717, 1.165) is 38.5 Å². The van der Waals surface area contributed by atoms with Crippen molar-refractivity contribution < 1.29 is 8.42 Å². The molecule has 2 aliphatic rings. The minimum Gasteiger partial charge on any atom is -0.306 e. The molecule has 142 valence electrons. The fourth-order valence-electron chi connectivity index (χ4n) is 4.84. The molecule has 0 aliphatic carbocycles. The summed E-state index contributed by atoms with van der Waals surface area (Å²) in [4.78, 5) is 7.47. The number of rotatable bonds is 0. The zero-order valence-corrected chi connectivity index (χ0v) is 16.5. The molecule has 1 aromatic heterocycles. The van der Waals surface area contributed by atoms with Crippen LogP contribution in [0.25, 0.3) is 32.8 Å². The van der Waals surface area contributed by atoms with Crippen LogP contribution in [0.15, 0.2) is 94.9 Å². The van der Waals surface area contributed by atoms with Crippen LogP contribution in [0.2, 0.25) is 0 Å². The standard InChI is InChI=1S/C25H14N2O2S/c28-30(29)21-8-4-3-7-19(21)27-20-14-17-6-2-1-5-16(17)13-18(20)24-23-15(11-12-26-24)9-10-22(30)25(23)27/h1-14H. The average molecular weight is 406 g/mol. The van der Waals surface area contributed by atoms with E-state index in [0.29, 0.717) is 21.2 Å². The molecule has 0 saturated carbocycles. The van der Waals surface area contributed by atoms with Gasteiger partial charge in [-0.25, -0.2) is 8.42 Å².